The molecule has 0 aliphatic carbocycles. The van der Waals surface area contributed by atoms with Crippen LogP contribution in [0.2, 0.25) is 0 Å². The van der Waals surface area contributed by atoms with Crippen molar-refractivity contribution in [2.24, 2.45) is 5.73 Å². The zero-order valence-electron chi connectivity index (χ0n) is 11.6. The Morgan fingerprint density at radius 2 is 1.94 bits per heavy atom. The van der Waals surface area contributed by atoms with Crippen LogP contribution >= 0.6 is 0 Å². The van der Waals surface area contributed by atoms with Gasteiger partial charge in [0.15, 0.2) is 0 Å². The maximum atomic E-state index is 6.18. The quantitative estimate of drug-likeness (QED) is 0.772. The van der Waals surface area contributed by atoms with Gasteiger partial charge in [-0.1, -0.05) is 50.8 Å². The number of hydrogen-bond donors (Lipinski definition) is 1. The molecule has 1 aromatic carbocycles. The summed E-state index contributed by atoms with van der Waals surface area (Å²) in [6, 6.07) is 8.87. The van der Waals surface area contributed by atoms with Crippen LogP contribution in [-0.2, 0) is 0 Å². The average Bonchev–Trinajstić information content (AvgIpc) is 2.41. The minimum atomic E-state index is 0.234. The van der Waals surface area contributed by atoms with Gasteiger partial charge in [-0.3, -0.25) is 0 Å². The Labute approximate surface area is 111 Å². The smallest absolute Gasteiger partial charge is 0.0414 e. The third-order valence-electron chi connectivity index (χ3n) is 3.92. The lowest BCUT2D eigenvalue weighted by Gasteiger charge is -2.34. The van der Waals surface area contributed by atoms with Crippen LogP contribution in [0.4, 0.5) is 5.69 Å². The Morgan fingerprint density at radius 1 is 1.17 bits per heavy atom. The molecular formula is C16H26N2. The van der Waals surface area contributed by atoms with Crippen LogP contribution in [0.15, 0.2) is 24.3 Å². The van der Waals surface area contributed by atoms with Gasteiger partial charge in [0.1, 0.15) is 0 Å². The minimum absolute atomic E-state index is 0.234. The van der Waals surface area contributed by atoms with Gasteiger partial charge < -0.3 is 10.6 Å². The van der Waals surface area contributed by atoms with E-state index in [1.807, 2.05) is 0 Å². The highest BCUT2D eigenvalue weighted by atomic mass is 15.1. The molecule has 0 fully saturated rings. The summed E-state index contributed by atoms with van der Waals surface area (Å²) in [5.41, 5.74) is 8.87. The third kappa shape index (κ3) is 3.26. The summed E-state index contributed by atoms with van der Waals surface area (Å²) in [7, 11) is 0. The monoisotopic (exact) mass is 246 g/mol. The van der Waals surface area contributed by atoms with E-state index >= 15 is 0 Å². The van der Waals surface area contributed by atoms with E-state index in [4.69, 9.17) is 5.73 Å². The molecule has 100 valence electrons. The van der Waals surface area contributed by atoms with Crippen LogP contribution < -0.4 is 10.6 Å². The van der Waals surface area contributed by atoms with E-state index in [2.05, 4.69) is 36.1 Å². The number of anilines is 1. The fraction of sp³-hybridized carbons (Fsp3) is 0.625. The number of nitrogens with zero attached hydrogens (tertiary/aromatic N) is 1. The molecule has 1 atom stereocenters. The van der Waals surface area contributed by atoms with Crippen LogP contribution in [-0.4, -0.2) is 13.1 Å². The number of rotatable bonds is 6. The molecule has 1 aromatic rings. The predicted molar refractivity (Wildman–Crippen MR) is 79.0 cm³/mol. The van der Waals surface area contributed by atoms with Crippen molar-refractivity contribution in [1.82, 2.24) is 0 Å². The van der Waals surface area contributed by atoms with E-state index in [0.717, 1.165) is 13.0 Å². The molecule has 1 aliphatic heterocycles. The lowest BCUT2D eigenvalue weighted by atomic mass is 9.97. The molecular weight excluding hydrogens is 220 g/mol. The van der Waals surface area contributed by atoms with Gasteiger partial charge in [-0.2, -0.15) is 0 Å². The van der Waals surface area contributed by atoms with Crippen molar-refractivity contribution in [2.45, 2.75) is 51.5 Å². The highest BCUT2D eigenvalue weighted by Crippen LogP contribution is 2.32. The van der Waals surface area contributed by atoms with Crippen molar-refractivity contribution in [1.29, 1.82) is 0 Å². The molecule has 2 N–H and O–H groups in total. The third-order valence-corrected chi connectivity index (χ3v) is 3.92. The summed E-state index contributed by atoms with van der Waals surface area (Å²) in [5.74, 6) is 0. The molecule has 0 radical (unpaired) electrons. The lowest BCUT2D eigenvalue weighted by molar-refractivity contribution is 0.564. The molecule has 2 rings (SSSR count). The van der Waals surface area contributed by atoms with Gasteiger partial charge in [0.25, 0.3) is 0 Å². The summed E-state index contributed by atoms with van der Waals surface area (Å²) in [5, 5.41) is 0. The molecule has 0 aromatic heterocycles. The Bertz CT molecular complexity index is 362. The molecule has 0 bridgehead atoms. The highest BCUT2D eigenvalue weighted by Gasteiger charge is 2.21. The standard InChI is InChI=1S/C16H26N2/c1-2-3-4-5-8-12-18-13-11-15(17)14-9-6-7-10-16(14)18/h6-7,9-10,15H,2-5,8,11-13,17H2,1H3. The number of nitrogens with two attached hydrogens (primary N) is 1. The second-order valence-corrected chi connectivity index (χ2v) is 5.36. The minimum Gasteiger partial charge on any atom is -0.371 e. The second-order valence-electron chi connectivity index (χ2n) is 5.36. The van der Waals surface area contributed by atoms with Crippen molar-refractivity contribution in [3.05, 3.63) is 29.8 Å². The van der Waals surface area contributed by atoms with Gasteiger partial charge in [0.2, 0.25) is 0 Å². The van der Waals surface area contributed by atoms with Crippen LogP contribution in [0.1, 0.15) is 57.1 Å². The normalized spacial score (nSPS) is 18.8. The van der Waals surface area contributed by atoms with Crippen molar-refractivity contribution in [3.63, 3.8) is 0 Å². The van der Waals surface area contributed by atoms with Gasteiger partial charge in [-0.15, -0.1) is 0 Å². The highest BCUT2D eigenvalue weighted by molar-refractivity contribution is 5.56. The Hall–Kier alpha value is -1.02. The van der Waals surface area contributed by atoms with Crippen molar-refractivity contribution in [2.75, 3.05) is 18.0 Å². The number of hydrogen-bond acceptors (Lipinski definition) is 2. The van der Waals surface area contributed by atoms with Crippen LogP contribution in [0.3, 0.4) is 0 Å². The fourth-order valence-electron chi connectivity index (χ4n) is 2.80. The van der Waals surface area contributed by atoms with E-state index in [0.29, 0.717) is 0 Å². The first-order valence-electron chi connectivity index (χ1n) is 7.42. The number of benzene rings is 1. The van der Waals surface area contributed by atoms with Crippen LogP contribution in [0.5, 0.6) is 0 Å². The first-order valence-corrected chi connectivity index (χ1v) is 7.42. The zero-order valence-corrected chi connectivity index (χ0v) is 11.6. The van der Waals surface area contributed by atoms with Gasteiger partial charge >= 0.3 is 0 Å². The van der Waals surface area contributed by atoms with Gasteiger partial charge in [-0.25, -0.2) is 0 Å². The molecule has 1 aliphatic rings. The maximum absolute atomic E-state index is 6.18. The van der Waals surface area contributed by atoms with Crippen molar-refractivity contribution < 1.29 is 0 Å². The zero-order chi connectivity index (χ0) is 12.8. The lowest BCUT2D eigenvalue weighted by Crippen LogP contribution is -2.34. The van der Waals surface area contributed by atoms with Gasteiger partial charge in [0.05, 0.1) is 0 Å². The maximum Gasteiger partial charge on any atom is 0.0414 e. The van der Waals surface area contributed by atoms with Gasteiger partial charge in [0, 0.05) is 24.8 Å². The van der Waals surface area contributed by atoms with Crippen LogP contribution in [0, 0.1) is 0 Å². The molecule has 1 heterocycles. The molecule has 0 spiro atoms. The Kier molecular flexibility index (Phi) is 5.06. The summed E-state index contributed by atoms with van der Waals surface area (Å²) in [6.07, 6.45) is 7.84. The second kappa shape index (κ2) is 6.79. The molecule has 18 heavy (non-hydrogen) atoms. The SMILES string of the molecule is CCCCCCCN1CCC(N)c2ccccc21. The molecule has 1 unspecified atom stereocenters. The van der Waals surface area contributed by atoms with Gasteiger partial charge in [-0.05, 0) is 24.5 Å². The predicted octanol–water partition coefficient (Wildman–Crippen LogP) is 3.87. The largest absolute Gasteiger partial charge is 0.371 e. The average molecular weight is 246 g/mol. The number of fused-ring (bicyclic) bond motifs is 1. The summed E-state index contributed by atoms with van der Waals surface area (Å²) in [6.45, 7) is 4.57. The topological polar surface area (TPSA) is 29.3 Å². The van der Waals surface area contributed by atoms with E-state index in [-0.39, 0.29) is 6.04 Å². The molecule has 0 amide bonds. The summed E-state index contributed by atoms with van der Waals surface area (Å²) < 4.78 is 0. The van der Waals surface area contributed by atoms with E-state index in [1.165, 1.54) is 49.9 Å². The summed E-state index contributed by atoms with van der Waals surface area (Å²) in [4.78, 5) is 2.52. The van der Waals surface area contributed by atoms with E-state index < -0.39 is 0 Å². The Morgan fingerprint density at radius 3 is 2.78 bits per heavy atom. The Balaban J connectivity index is 1.89. The molecule has 2 nitrogen and oxygen atoms in total. The number of unbranched alkanes of at least 4 members (excludes halogenated alkanes) is 4. The van der Waals surface area contributed by atoms with Crippen molar-refractivity contribution in [3.8, 4) is 0 Å². The van der Waals surface area contributed by atoms with E-state index in [1.54, 1.807) is 0 Å². The first-order chi connectivity index (χ1) is 8.83. The first kappa shape index (κ1) is 13.4. The molecule has 0 saturated heterocycles. The van der Waals surface area contributed by atoms with Crippen LogP contribution in [0.25, 0.3) is 0 Å². The molecule has 0 saturated carbocycles. The van der Waals surface area contributed by atoms with Crippen molar-refractivity contribution >= 4 is 5.69 Å². The van der Waals surface area contributed by atoms with E-state index in [9.17, 15) is 0 Å². The number of para-hydroxylation sites is 1. The molecule has 2 heteroatoms. The fourth-order valence-corrected chi connectivity index (χ4v) is 2.80. The summed E-state index contributed by atoms with van der Waals surface area (Å²) >= 11 is 0.